The van der Waals surface area contributed by atoms with Crippen LogP contribution in [0.3, 0.4) is 0 Å². The molecule has 0 bridgehead atoms. The van der Waals surface area contributed by atoms with E-state index in [1.165, 1.54) is 11.3 Å². The van der Waals surface area contributed by atoms with Gasteiger partial charge in [-0.2, -0.15) is 0 Å². The maximum absolute atomic E-state index is 9.15. The summed E-state index contributed by atoms with van der Waals surface area (Å²) in [5.74, 6) is 0. The van der Waals surface area contributed by atoms with E-state index >= 15 is 0 Å². The lowest BCUT2D eigenvalue weighted by molar-refractivity contribution is 0.272. The number of nitrogens with one attached hydrogen (secondary N) is 1. The van der Waals surface area contributed by atoms with Crippen molar-refractivity contribution in [1.29, 1.82) is 0 Å². The number of benzene rings is 1. The van der Waals surface area contributed by atoms with Gasteiger partial charge in [-0.25, -0.2) is 0 Å². The third-order valence-electron chi connectivity index (χ3n) is 3.29. The van der Waals surface area contributed by atoms with Crippen molar-refractivity contribution in [2.45, 2.75) is 25.8 Å². The second-order valence-electron chi connectivity index (χ2n) is 4.45. The SMILES string of the molecule is CCC(CO)Nc1ccc2c(c1)CCN2C. The minimum Gasteiger partial charge on any atom is -0.394 e. The quantitative estimate of drug-likeness (QED) is 0.813. The average molecular weight is 220 g/mol. The molecule has 0 saturated heterocycles. The zero-order valence-electron chi connectivity index (χ0n) is 10.0. The van der Waals surface area contributed by atoms with Crippen molar-refractivity contribution < 1.29 is 5.11 Å². The van der Waals surface area contributed by atoms with Crippen LogP contribution < -0.4 is 10.2 Å². The summed E-state index contributed by atoms with van der Waals surface area (Å²) in [5.41, 5.74) is 3.86. The first-order valence-electron chi connectivity index (χ1n) is 5.96. The van der Waals surface area contributed by atoms with Crippen molar-refractivity contribution in [3.63, 3.8) is 0 Å². The zero-order chi connectivity index (χ0) is 11.5. The first-order chi connectivity index (χ1) is 7.74. The Morgan fingerprint density at radius 1 is 1.50 bits per heavy atom. The molecule has 0 aliphatic carbocycles. The third kappa shape index (κ3) is 2.14. The van der Waals surface area contributed by atoms with E-state index in [1.807, 2.05) is 0 Å². The fraction of sp³-hybridized carbons (Fsp3) is 0.538. The van der Waals surface area contributed by atoms with Gasteiger partial charge in [0.05, 0.1) is 6.61 Å². The van der Waals surface area contributed by atoms with Gasteiger partial charge in [0, 0.05) is 31.0 Å². The van der Waals surface area contributed by atoms with Crippen molar-refractivity contribution in [1.82, 2.24) is 0 Å². The Morgan fingerprint density at radius 2 is 2.31 bits per heavy atom. The smallest absolute Gasteiger partial charge is 0.0632 e. The lowest BCUT2D eigenvalue weighted by Gasteiger charge is -2.17. The topological polar surface area (TPSA) is 35.5 Å². The van der Waals surface area contributed by atoms with Gasteiger partial charge in [0.25, 0.3) is 0 Å². The Kier molecular flexibility index (Phi) is 3.34. The van der Waals surface area contributed by atoms with Crippen molar-refractivity contribution in [2.75, 3.05) is 30.4 Å². The van der Waals surface area contributed by atoms with E-state index in [0.29, 0.717) is 0 Å². The molecule has 1 aliphatic rings. The van der Waals surface area contributed by atoms with Crippen molar-refractivity contribution in [3.05, 3.63) is 23.8 Å². The molecule has 3 nitrogen and oxygen atoms in total. The van der Waals surface area contributed by atoms with Gasteiger partial charge >= 0.3 is 0 Å². The molecule has 1 atom stereocenters. The minimum atomic E-state index is 0.164. The number of rotatable bonds is 4. The van der Waals surface area contributed by atoms with Gasteiger partial charge in [-0.15, -0.1) is 0 Å². The molecule has 1 aromatic carbocycles. The van der Waals surface area contributed by atoms with Gasteiger partial charge in [0.1, 0.15) is 0 Å². The summed E-state index contributed by atoms with van der Waals surface area (Å²) >= 11 is 0. The number of aliphatic hydroxyl groups excluding tert-OH is 1. The molecule has 1 aromatic rings. The Bertz CT molecular complexity index is 361. The molecule has 0 saturated carbocycles. The fourth-order valence-electron chi connectivity index (χ4n) is 2.17. The molecule has 88 valence electrons. The predicted molar refractivity (Wildman–Crippen MR) is 68.2 cm³/mol. The van der Waals surface area contributed by atoms with Gasteiger partial charge in [0.15, 0.2) is 0 Å². The zero-order valence-corrected chi connectivity index (χ0v) is 10.0. The second kappa shape index (κ2) is 4.74. The summed E-state index contributed by atoms with van der Waals surface area (Å²) < 4.78 is 0. The molecule has 0 radical (unpaired) electrons. The molecule has 1 unspecified atom stereocenters. The van der Waals surface area contributed by atoms with Crippen LogP contribution in [0.5, 0.6) is 0 Å². The van der Waals surface area contributed by atoms with Crippen LogP contribution in [0.4, 0.5) is 11.4 Å². The molecule has 0 fully saturated rings. The molecular formula is C13H20N2O. The average Bonchev–Trinajstić information content (AvgIpc) is 2.68. The van der Waals surface area contributed by atoms with Crippen LogP contribution in [0.15, 0.2) is 18.2 Å². The highest BCUT2D eigenvalue weighted by Crippen LogP contribution is 2.29. The summed E-state index contributed by atoms with van der Waals surface area (Å²) in [5, 5.41) is 12.5. The molecule has 16 heavy (non-hydrogen) atoms. The first kappa shape index (κ1) is 11.3. The number of anilines is 2. The largest absolute Gasteiger partial charge is 0.394 e. The lowest BCUT2D eigenvalue weighted by atomic mass is 10.1. The maximum Gasteiger partial charge on any atom is 0.0632 e. The highest BCUT2D eigenvalue weighted by molar-refractivity contribution is 5.63. The summed E-state index contributed by atoms with van der Waals surface area (Å²) in [6.45, 7) is 3.37. The van der Waals surface area contributed by atoms with Gasteiger partial charge < -0.3 is 15.3 Å². The molecule has 2 rings (SSSR count). The molecule has 3 heteroatoms. The van der Waals surface area contributed by atoms with Crippen LogP contribution in [0.25, 0.3) is 0 Å². The number of aliphatic hydroxyl groups is 1. The van der Waals surface area contributed by atoms with E-state index in [9.17, 15) is 0 Å². The van der Waals surface area contributed by atoms with E-state index in [0.717, 1.165) is 25.1 Å². The van der Waals surface area contributed by atoms with Gasteiger partial charge in [-0.3, -0.25) is 0 Å². The molecule has 1 aliphatic heterocycles. The predicted octanol–water partition coefficient (Wildman–Crippen LogP) is 1.86. The Balaban J connectivity index is 2.13. The van der Waals surface area contributed by atoms with E-state index in [1.54, 1.807) is 0 Å². The van der Waals surface area contributed by atoms with Crippen molar-refractivity contribution in [3.8, 4) is 0 Å². The highest BCUT2D eigenvalue weighted by Gasteiger charge is 2.15. The second-order valence-corrected chi connectivity index (χ2v) is 4.45. The number of likely N-dealkylation sites (N-methyl/N-ethyl adjacent to an activating group) is 1. The normalized spacial score (nSPS) is 16.1. The van der Waals surface area contributed by atoms with Crippen LogP contribution in [0.1, 0.15) is 18.9 Å². The van der Waals surface area contributed by atoms with Gasteiger partial charge in [0.2, 0.25) is 0 Å². The van der Waals surface area contributed by atoms with Crippen LogP contribution >= 0.6 is 0 Å². The van der Waals surface area contributed by atoms with Gasteiger partial charge in [-0.1, -0.05) is 6.92 Å². The molecule has 1 heterocycles. The summed E-state index contributed by atoms with van der Waals surface area (Å²) in [6, 6.07) is 6.63. The Labute approximate surface area is 97.1 Å². The summed E-state index contributed by atoms with van der Waals surface area (Å²) in [6.07, 6.45) is 2.06. The van der Waals surface area contributed by atoms with Crippen LogP contribution in [-0.2, 0) is 6.42 Å². The fourth-order valence-corrected chi connectivity index (χ4v) is 2.17. The molecule has 0 aromatic heterocycles. The number of fused-ring (bicyclic) bond motifs is 1. The molecule has 2 N–H and O–H groups in total. The van der Waals surface area contributed by atoms with Crippen molar-refractivity contribution in [2.24, 2.45) is 0 Å². The van der Waals surface area contributed by atoms with Crippen LogP contribution in [-0.4, -0.2) is 31.3 Å². The molecule has 0 spiro atoms. The standard InChI is InChI=1S/C13H20N2O/c1-3-11(9-16)14-12-4-5-13-10(8-12)6-7-15(13)2/h4-5,8,11,14,16H,3,6-7,9H2,1-2H3. The van der Waals surface area contributed by atoms with Crippen LogP contribution in [0.2, 0.25) is 0 Å². The highest BCUT2D eigenvalue weighted by atomic mass is 16.3. The van der Waals surface area contributed by atoms with E-state index < -0.39 is 0 Å². The maximum atomic E-state index is 9.15. The molecule has 0 amide bonds. The van der Waals surface area contributed by atoms with E-state index in [-0.39, 0.29) is 12.6 Å². The van der Waals surface area contributed by atoms with E-state index in [4.69, 9.17) is 5.11 Å². The third-order valence-corrected chi connectivity index (χ3v) is 3.29. The number of hydrogen-bond donors (Lipinski definition) is 2. The summed E-state index contributed by atoms with van der Waals surface area (Å²) in [4.78, 5) is 2.28. The van der Waals surface area contributed by atoms with Crippen LogP contribution in [0, 0.1) is 0 Å². The number of hydrogen-bond acceptors (Lipinski definition) is 3. The van der Waals surface area contributed by atoms with Gasteiger partial charge in [-0.05, 0) is 36.6 Å². The Morgan fingerprint density at radius 3 is 3.00 bits per heavy atom. The summed E-state index contributed by atoms with van der Waals surface area (Å²) in [7, 11) is 2.13. The minimum absolute atomic E-state index is 0.164. The molecular weight excluding hydrogens is 200 g/mol. The van der Waals surface area contributed by atoms with E-state index in [2.05, 4.69) is 42.4 Å². The Hall–Kier alpha value is -1.22. The van der Waals surface area contributed by atoms with Crippen molar-refractivity contribution >= 4 is 11.4 Å². The number of nitrogens with zero attached hydrogens (tertiary/aromatic N) is 1. The monoisotopic (exact) mass is 220 g/mol. The first-order valence-corrected chi connectivity index (χ1v) is 5.96. The lowest BCUT2D eigenvalue weighted by Crippen LogP contribution is -2.22.